The predicted octanol–water partition coefficient (Wildman–Crippen LogP) is 3.76. The van der Waals surface area contributed by atoms with Gasteiger partial charge in [-0.25, -0.2) is 9.37 Å². The maximum Gasteiger partial charge on any atom is 0.229 e. The molecule has 0 radical (unpaired) electrons. The van der Waals surface area contributed by atoms with Gasteiger partial charge in [0.15, 0.2) is 17.0 Å². The number of nitrogens with zero attached hydrogens (tertiary/aromatic N) is 7. The van der Waals surface area contributed by atoms with Crippen molar-refractivity contribution >= 4 is 28.6 Å². The highest BCUT2D eigenvalue weighted by Gasteiger charge is 2.27. The minimum atomic E-state index is -0.850. The van der Waals surface area contributed by atoms with Crippen molar-refractivity contribution < 1.29 is 4.39 Å². The van der Waals surface area contributed by atoms with Crippen LogP contribution in [0.25, 0.3) is 11.2 Å². The lowest BCUT2D eigenvalue weighted by atomic mass is 10.1. The molecule has 1 aliphatic heterocycles. The molecule has 0 saturated carbocycles. The maximum absolute atomic E-state index is 13.9. The van der Waals surface area contributed by atoms with Gasteiger partial charge >= 0.3 is 0 Å². The number of rotatable bonds is 9. The van der Waals surface area contributed by atoms with E-state index >= 15 is 0 Å². The Kier molecular flexibility index (Phi) is 6.83. The highest BCUT2D eigenvalue weighted by molar-refractivity contribution is 5.87. The van der Waals surface area contributed by atoms with Crippen molar-refractivity contribution in [2.24, 2.45) is 5.73 Å². The summed E-state index contributed by atoms with van der Waals surface area (Å²) in [5.41, 5.74) is 8.73. The first kappa shape index (κ1) is 23.4. The first-order chi connectivity index (χ1) is 15.8. The third kappa shape index (κ3) is 5.10. The fourth-order valence-corrected chi connectivity index (χ4v) is 4.17. The van der Waals surface area contributed by atoms with Crippen LogP contribution >= 0.6 is 0 Å². The Balaban J connectivity index is 1.69. The van der Waals surface area contributed by atoms with Crippen LogP contribution in [0, 0.1) is 0 Å². The van der Waals surface area contributed by atoms with Gasteiger partial charge in [-0.1, -0.05) is 13.3 Å². The molecule has 3 aromatic rings. The highest BCUT2D eigenvalue weighted by atomic mass is 19.1. The number of alkyl halides is 1. The first-order valence-corrected chi connectivity index (χ1v) is 12.0. The van der Waals surface area contributed by atoms with Gasteiger partial charge in [0.25, 0.3) is 0 Å². The summed E-state index contributed by atoms with van der Waals surface area (Å²) in [5, 5.41) is 8.23. The van der Waals surface area contributed by atoms with Crippen LogP contribution in [0.3, 0.4) is 0 Å². The van der Waals surface area contributed by atoms with Gasteiger partial charge in [-0.3, -0.25) is 4.68 Å². The minimum Gasteiger partial charge on any atom is -0.338 e. The lowest BCUT2D eigenvalue weighted by Crippen LogP contribution is -2.24. The molecule has 1 atom stereocenters. The molecule has 3 N–H and O–H groups in total. The van der Waals surface area contributed by atoms with Crippen LogP contribution in [0.15, 0.2) is 12.5 Å². The fraction of sp³-hybridized carbons (Fsp3) is 0.652. The molecule has 10 heteroatoms. The zero-order valence-corrected chi connectivity index (χ0v) is 20.2. The Morgan fingerprint density at radius 2 is 2.03 bits per heavy atom. The van der Waals surface area contributed by atoms with Gasteiger partial charge in [0.05, 0.1) is 24.3 Å². The van der Waals surface area contributed by atoms with Crippen LogP contribution in [0.5, 0.6) is 0 Å². The Hall–Kier alpha value is -2.75. The number of aromatic nitrogens is 6. The van der Waals surface area contributed by atoms with E-state index in [-0.39, 0.29) is 5.54 Å². The summed E-state index contributed by atoms with van der Waals surface area (Å²) < 4.78 is 18.0. The molecule has 9 nitrogen and oxygen atoms in total. The smallest absolute Gasteiger partial charge is 0.229 e. The van der Waals surface area contributed by atoms with Crippen molar-refractivity contribution in [1.82, 2.24) is 29.3 Å². The summed E-state index contributed by atoms with van der Waals surface area (Å²) in [7, 11) is 0. The number of hydrogen-bond donors (Lipinski definition) is 2. The molecular formula is C23H36FN9. The van der Waals surface area contributed by atoms with Gasteiger partial charge in [-0.05, 0) is 53.0 Å². The van der Waals surface area contributed by atoms with Crippen molar-refractivity contribution in [2.75, 3.05) is 29.9 Å². The average molecular weight is 458 g/mol. The Morgan fingerprint density at radius 3 is 2.70 bits per heavy atom. The largest absolute Gasteiger partial charge is 0.338 e. The number of nitrogens with one attached hydrogen (secondary N) is 1. The van der Waals surface area contributed by atoms with Crippen molar-refractivity contribution in [2.45, 2.75) is 78.1 Å². The first-order valence-electron chi connectivity index (χ1n) is 12.0. The molecule has 180 valence electrons. The van der Waals surface area contributed by atoms with E-state index in [9.17, 15) is 4.39 Å². The van der Waals surface area contributed by atoms with Crippen molar-refractivity contribution in [3.05, 3.63) is 18.2 Å². The molecule has 4 rings (SSSR count). The summed E-state index contributed by atoms with van der Waals surface area (Å²) in [5.74, 6) is 1.15. The van der Waals surface area contributed by atoms with E-state index in [4.69, 9.17) is 20.8 Å². The molecule has 0 amide bonds. The van der Waals surface area contributed by atoms with Gasteiger partial charge in [0, 0.05) is 24.8 Å². The second-order valence-corrected chi connectivity index (χ2v) is 9.74. The number of anilines is 3. The molecule has 0 aliphatic carbocycles. The molecule has 4 heterocycles. The van der Waals surface area contributed by atoms with Gasteiger partial charge < -0.3 is 20.5 Å². The normalized spacial score (nSPS) is 16.8. The van der Waals surface area contributed by atoms with Gasteiger partial charge in [-0.2, -0.15) is 15.1 Å². The molecule has 0 spiro atoms. The monoisotopic (exact) mass is 457 g/mol. The highest BCUT2D eigenvalue weighted by Crippen LogP contribution is 2.31. The van der Waals surface area contributed by atoms with Crippen LogP contribution in [-0.4, -0.2) is 55.1 Å². The summed E-state index contributed by atoms with van der Waals surface area (Å²) in [6.45, 7) is 10.9. The van der Waals surface area contributed by atoms with Gasteiger partial charge in [0.1, 0.15) is 6.17 Å². The summed E-state index contributed by atoms with van der Waals surface area (Å²) >= 11 is 0. The maximum atomic E-state index is 13.9. The van der Waals surface area contributed by atoms with E-state index in [1.54, 1.807) is 6.33 Å². The lowest BCUT2D eigenvalue weighted by Gasteiger charge is -2.22. The third-order valence-corrected chi connectivity index (χ3v) is 6.04. The van der Waals surface area contributed by atoms with Crippen molar-refractivity contribution in [3.8, 4) is 0 Å². The quantitative estimate of drug-likeness (QED) is 0.472. The topological polar surface area (TPSA) is 103 Å². The van der Waals surface area contributed by atoms with Gasteiger partial charge in [-0.15, -0.1) is 0 Å². The molecule has 1 fully saturated rings. The minimum absolute atomic E-state index is 0.200. The second kappa shape index (κ2) is 9.62. The number of imidazole rings is 1. The van der Waals surface area contributed by atoms with E-state index in [1.165, 1.54) is 0 Å². The van der Waals surface area contributed by atoms with E-state index in [2.05, 4.69) is 38.0 Å². The predicted molar refractivity (Wildman–Crippen MR) is 130 cm³/mol. The molecule has 33 heavy (non-hydrogen) atoms. The SMILES string of the molecule is CCc1nn(CCCCCN)cc1Nc1nc(N2CC[C@H](F)C2)nc2c1ncn2C(C)(C)C. The summed E-state index contributed by atoms with van der Waals surface area (Å²) in [4.78, 5) is 16.1. The molecule has 1 aliphatic rings. The fourth-order valence-electron chi connectivity index (χ4n) is 4.17. The zero-order valence-electron chi connectivity index (χ0n) is 20.2. The van der Waals surface area contributed by atoms with E-state index in [1.807, 2.05) is 20.3 Å². The number of aryl methyl sites for hydroxylation is 2. The Labute approximate surface area is 194 Å². The number of nitrogens with two attached hydrogens (primary N) is 1. The number of fused-ring (bicyclic) bond motifs is 1. The Bertz CT molecular complexity index is 1080. The standard InChI is InChI=1S/C23H36FN9/c1-5-17-18(14-32(30-17)11-8-6-7-10-25)27-20-19-21(33(15-26-19)23(2,3)4)29-22(28-20)31-12-9-16(24)13-31/h14-16H,5-13,25H2,1-4H3,(H,27,28,29)/t16-/m0/s1. The van der Waals surface area contributed by atoms with Crippen LogP contribution < -0.4 is 16.0 Å². The van der Waals surface area contributed by atoms with Crippen LogP contribution in [0.4, 0.5) is 21.8 Å². The van der Waals surface area contributed by atoms with Crippen LogP contribution in [0.1, 0.15) is 59.1 Å². The molecule has 1 saturated heterocycles. The van der Waals surface area contributed by atoms with Gasteiger partial charge in [0.2, 0.25) is 5.95 Å². The van der Waals surface area contributed by atoms with Crippen molar-refractivity contribution in [1.29, 1.82) is 0 Å². The van der Waals surface area contributed by atoms with Crippen LogP contribution in [0.2, 0.25) is 0 Å². The molecule has 0 bridgehead atoms. The zero-order chi connectivity index (χ0) is 23.6. The molecule has 3 aromatic heterocycles. The lowest BCUT2D eigenvalue weighted by molar-refractivity contribution is 0.364. The molecular weight excluding hydrogens is 421 g/mol. The van der Waals surface area contributed by atoms with E-state index in [0.717, 1.165) is 55.8 Å². The summed E-state index contributed by atoms with van der Waals surface area (Å²) in [6.07, 6.45) is 7.44. The number of halogens is 1. The Morgan fingerprint density at radius 1 is 1.21 bits per heavy atom. The number of hydrogen-bond acceptors (Lipinski definition) is 7. The van der Waals surface area contributed by atoms with Crippen LogP contribution in [-0.2, 0) is 18.5 Å². The molecule has 0 unspecified atom stereocenters. The summed E-state index contributed by atoms with van der Waals surface area (Å²) in [6, 6.07) is 0. The van der Waals surface area contributed by atoms with Crippen molar-refractivity contribution in [3.63, 3.8) is 0 Å². The average Bonchev–Trinajstić information content (AvgIpc) is 3.48. The van der Waals surface area contributed by atoms with E-state index < -0.39 is 6.17 Å². The van der Waals surface area contributed by atoms with E-state index in [0.29, 0.717) is 36.8 Å². The molecule has 0 aromatic carbocycles. The third-order valence-electron chi connectivity index (χ3n) is 6.04. The number of unbranched alkanes of at least 4 members (excludes halogenated alkanes) is 2. The second-order valence-electron chi connectivity index (χ2n) is 9.74.